The van der Waals surface area contributed by atoms with Crippen LogP contribution in [-0.2, 0) is 6.54 Å². The van der Waals surface area contributed by atoms with Gasteiger partial charge in [0.15, 0.2) is 0 Å². The lowest BCUT2D eigenvalue weighted by Crippen LogP contribution is -2.04. The molecular weight excluding hydrogens is 333 g/mol. The maximum Gasteiger partial charge on any atom is 0.137 e. The van der Waals surface area contributed by atoms with Crippen LogP contribution < -0.4 is 5.32 Å². The van der Waals surface area contributed by atoms with E-state index in [1.807, 2.05) is 41.2 Å². The minimum absolute atomic E-state index is 0.254. The van der Waals surface area contributed by atoms with Gasteiger partial charge in [0, 0.05) is 18.9 Å². The molecule has 0 radical (unpaired) electrons. The molecule has 2 aromatic carbocycles. The van der Waals surface area contributed by atoms with Crippen molar-refractivity contribution in [3.8, 4) is 5.69 Å². The Balaban J connectivity index is 1.81. The number of hydrogen-bond donors (Lipinski definition) is 1. The molecule has 0 aliphatic heterocycles. The van der Waals surface area contributed by atoms with Crippen molar-refractivity contribution in [3.05, 3.63) is 76.8 Å². The number of para-hydroxylation sites is 2. The summed E-state index contributed by atoms with van der Waals surface area (Å²) in [5, 5.41) is 7.61. The number of rotatable bonds is 4. The van der Waals surface area contributed by atoms with E-state index in [0.717, 1.165) is 16.9 Å². The van der Waals surface area contributed by atoms with E-state index in [1.165, 1.54) is 6.07 Å². The second kappa shape index (κ2) is 6.10. The van der Waals surface area contributed by atoms with Gasteiger partial charge in [-0.2, -0.15) is 5.10 Å². The quantitative estimate of drug-likeness (QED) is 0.760. The van der Waals surface area contributed by atoms with Gasteiger partial charge in [0.1, 0.15) is 5.82 Å². The normalized spacial score (nSPS) is 10.6. The highest BCUT2D eigenvalue weighted by atomic mass is 79.9. The van der Waals surface area contributed by atoms with Crippen LogP contribution in [0.3, 0.4) is 0 Å². The maximum atomic E-state index is 13.2. The third-order valence-corrected chi connectivity index (χ3v) is 3.73. The van der Waals surface area contributed by atoms with E-state index in [1.54, 1.807) is 18.3 Å². The highest BCUT2D eigenvalue weighted by Crippen LogP contribution is 2.21. The number of nitrogens with one attached hydrogen (secondary N) is 1. The molecule has 0 spiro atoms. The Morgan fingerprint density at radius 1 is 1.14 bits per heavy atom. The van der Waals surface area contributed by atoms with E-state index in [2.05, 4.69) is 26.3 Å². The lowest BCUT2D eigenvalue weighted by Gasteiger charge is -2.12. The molecule has 1 N–H and O–H groups in total. The van der Waals surface area contributed by atoms with Crippen molar-refractivity contribution >= 4 is 21.6 Å². The van der Waals surface area contributed by atoms with E-state index < -0.39 is 0 Å². The maximum absolute atomic E-state index is 13.2. The van der Waals surface area contributed by atoms with Gasteiger partial charge in [-0.3, -0.25) is 0 Å². The molecular formula is C16H13BrFN3. The first kappa shape index (κ1) is 13.8. The Morgan fingerprint density at radius 2 is 2.00 bits per heavy atom. The molecule has 3 aromatic rings. The summed E-state index contributed by atoms with van der Waals surface area (Å²) in [5.74, 6) is -0.254. The molecule has 0 amide bonds. The first-order valence-corrected chi connectivity index (χ1v) is 7.30. The zero-order valence-corrected chi connectivity index (χ0v) is 12.7. The predicted octanol–water partition coefficient (Wildman–Crippen LogP) is 4.39. The molecule has 5 heteroatoms. The van der Waals surface area contributed by atoms with Crippen LogP contribution in [0.5, 0.6) is 0 Å². The number of benzene rings is 2. The fourth-order valence-electron chi connectivity index (χ4n) is 2.08. The van der Waals surface area contributed by atoms with Crippen LogP contribution in [0.15, 0.2) is 65.4 Å². The molecule has 0 atom stereocenters. The van der Waals surface area contributed by atoms with E-state index >= 15 is 0 Å². The van der Waals surface area contributed by atoms with Crippen molar-refractivity contribution in [3.63, 3.8) is 0 Å². The summed E-state index contributed by atoms with van der Waals surface area (Å²) < 4.78 is 15.5. The Morgan fingerprint density at radius 3 is 2.76 bits per heavy atom. The number of nitrogens with zero attached hydrogens (tertiary/aromatic N) is 2. The van der Waals surface area contributed by atoms with Gasteiger partial charge in [-0.1, -0.05) is 18.2 Å². The molecule has 21 heavy (non-hydrogen) atoms. The van der Waals surface area contributed by atoms with E-state index in [-0.39, 0.29) is 5.82 Å². The lowest BCUT2D eigenvalue weighted by molar-refractivity contribution is 0.620. The monoisotopic (exact) mass is 345 g/mol. The zero-order valence-electron chi connectivity index (χ0n) is 11.1. The smallest absolute Gasteiger partial charge is 0.137 e. The Kier molecular flexibility index (Phi) is 4.01. The van der Waals surface area contributed by atoms with Crippen molar-refractivity contribution in [1.82, 2.24) is 9.78 Å². The minimum Gasteiger partial charge on any atom is -0.379 e. The SMILES string of the molecule is Fc1ccc(CNc2ccccc2-n2cccn2)cc1Br. The Bertz CT molecular complexity index is 741. The molecule has 3 rings (SSSR count). The summed E-state index contributed by atoms with van der Waals surface area (Å²) in [6, 6.07) is 14.8. The van der Waals surface area contributed by atoms with E-state index in [9.17, 15) is 4.39 Å². The molecule has 0 aliphatic rings. The summed E-state index contributed by atoms with van der Waals surface area (Å²) >= 11 is 3.20. The number of hydrogen-bond acceptors (Lipinski definition) is 2. The molecule has 0 saturated heterocycles. The molecule has 0 saturated carbocycles. The standard InChI is InChI=1S/C16H13BrFN3/c17-13-10-12(6-7-14(13)18)11-19-15-4-1-2-5-16(15)21-9-3-8-20-21/h1-10,19H,11H2. The van der Waals surface area contributed by atoms with Crippen LogP contribution in [0, 0.1) is 5.82 Å². The van der Waals surface area contributed by atoms with Gasteiger partial charge in [-0.15, -0.1) is 0 Å². The average Bonchev–Trinajstić information content (AvgIpc) is 3.03. The van der Waals surface area contributed by atoms with Gasteiger partial charge in [-0.05, 0) is 51.8 Å². The summed E-state index contributed by atoms with van der Waals surface area (Å²) in [5.41, 5.74) is 2.95. The zero-order chi connectivity index (χ0) is 14.7. The molecule has 3 nitrogen and oxygen atoms in total. The summed E-state index contributed by atoms with van der Waals surface area (Å²) in [7, 11) is 0. The molecule has 0 bridgehead atoms. The number of halogens is 2. The Hall–Kier alpha value is -2.14. The van der Waals surface area contributed by atoms with Gasteiger partial charge in [0.05, 0.1) is 15.8 Å². The average molecular weight is 346 g/mol. The second-order valence-electron chi connectivity index (χ2n) is 4.57. The largest absolute Gasteiger partial charge is 0.379 e. The van der Waals surface area contributed by atoms with Crippen molar-refractivity contribution in [2.24, 2.45) is 0 Å². The van der Waals surface area contributed by atoms with Crippen LogP contribution in [0.2, 0.25) is 0 Å². The third kappa shape index (κ3) is 3.13. The van der Waals surface area contributed by atoms with Crippen LogP contribution in [0.1, 0.15) is 5.56 Å². The topological polar surface area (TPSA) is 29.9 Å². The Labute approximate surface area is 130 Å². The van der Waals surface area contributed by atoms with Gasteiger partial charge in [0.2, 0.25) is 0 Å². The minimum atomic E-state index is -0.254. The number of aromatic nitrogens is 2. The fraction of sp³-hybridized carbons (Fsp3) is 0.0625. The van der Waals surface area contributed by atoms with Gasteiger partial charge < -0.3 is 5.32 Å². The summed E-state index contributed by atoms with van der Waals surface area (Å²) in [6.07, 6.45) is 3.64. The molecule has 106 valence electrons. The molecule has 0 unspecified atom stereocenters. The van der Waals surface area contributed by atoms with Gasteiger partial charge >= 0.3 is 0 Å². The fourth-order valence-corrected chi connectivity index (χ4v) is 2.51. The second-order valence-corrected chi connectivity index (χ2v) is 5.42. The van der Waals surface area contributed by atoms with Crippen LogP contribution >= 0.6 is 15.9 Å². The number of anilines is 1. The highest BCUT2D eigenvalue weighted by molar-refractivity contribution is 9.10. The third-order valence-electron chi connectivity index (χ3n) is 3.12. The van der Waals surface area contributed by atoms with Crippen molar-refractivity contribution in [1.29, 1.82) is 0 Å². The molecule has 1 heterocycles. The molecule has 0 fully saturated rings. The van der Waals surface area contributed by atoms with Crippen LogP contribution in [0.4, 0.5) is 10.1 Å². The molecule has 1 aromatic heterocycles. The van der Waals surface area contributed by atoms with Crippen molar-refractivity contribution in [2.75, 3.05) is 5.32 Å². The van der Waals surface area contributed by atoms with Crippen LogP contribution in [0.25, 0.3) is 5.69 Å². The van der Waals surface area contributed by atoms with Crippen LogP contribution in [-0.4, -0.2) is 9.78 Å². The summed E-state index contributed by atoms with van der Waals surface area (Å²) in [6.45, 7) is 0.608. The van der Waals surface area contributed by atoms with Crippen molar-refractivity contribution in [2.45, 2.75) is 6.54 Å². The molecule has 0 aliphatic carbocycles. The highest BCUT2D eigenvalue weighted by Gasteiger charge is 2.05. The van der Waals surface area contributed by atoms with E-state index in [4.69, 9.17) is 0 Å². The van der Waals surface area contributed by atoms with E-state index in [0.29, 0.717) is 11.0 Å². The lowest BCUT2D eigenvalue weighted by atomic mass is 10.2. The first-order chi connectivity index (χ1) is 10.2. The van der Waals surface area contributed by atoms with Gasteiger partial charge in [-0.25, -0.2) is 9.07 Å². The van der Waals surface area contributed by atoms with Crippen molar-refractivity contribution < 1.29 is 4.39 Å². The predicted molar refractivity (Wildman–Crippen MR) is 85.0 cm³/mol. The van der Waals surface area contributed by atoms with Gasteiger partial charge in [0.25, 0.3) is 0 Å². The first-order valence-electron chi connectivity index (χ1n) is 6.51. The summed E-state index contributed by atoms with van der Waals surface area (Å²) in [4.78, 5) is 0.